The molecule has 0 N–H and O–H groups in total. The van der Waals surface area contributed by atoms with Crippen molar-refractivity contribution in [3.8, 4) is 0 Å². The Bertz CT molecular complexity index is 306. The first-order valence-electron chi connectivity index (χ1n) is 4.47. The third-order valence-electron chi connectivity index (χ3n) is 2.27. The molecule has 1 aromatic rings. The van der Waals surface area contributed by atoms with Crippen molar-refractivity contribution in [3.63, 3.8) is 0 Å². The van der Waals surface area contributed by atoms with Crippen LogP contribution in [0.1, 0.15) is 37.3 Å². The lowest BCUT2D eigenvalue weighted by Gasteiger charge is -2.11. The number of pyridine rings is 1. The van der Waals surface area contributed by atoms with E-state index in [9.17, 15) is 13.2 Å². The number of aromatic nitrogens is 1. The van der Waals surface area contributed by atoms with Crippen molar-refractivity contribution >= 4 is 0 Å². The molecule has 0 saturated carbocycles. The maximum Gasteiger partial charge on any atom is 0.417 e. The van der Waals surface area contributed by atoms with Crippen LogP contribution in [0, 0.1) is 0 Å². The molecule has 4 heteroatoms. The summed E-state index contributed by atoms with van der Waals surface area (Å²) in [5.74, 6) is 0.116. The molecule has 0 spiro atoms. The van der Waals surface area contributed by atoms with Gasteiger partial charge < -0.3 is 0 Å². The average Bonchev–Trinajstić information content (AvgIpc) is 2.15. The first-order valence-corrected chi connectivity index (χ1v) is 4.47. The minimum Gasteiger partial charge on any atom is -0.264 e. The second-order valence-corrected chi connectivity index (χ2v) is 3.31. The molecular formula is C10H12F3N. The number of nitrogens with zero attached hydrogens (tertiary/aromatic N) is 1. The molecule has 0 amide bonds. The fourth-order valence-corrected chi connectivity index (χ4v) is 1.12. The number of halogens is 3. The van der Waals surface area contributed by atoms with Crippen LogP contribution >= 0.6 is 0 Å². The van der Waals surface area contributed by atoms with Crippen molar-refractivity contribution in [2.75, 3.05) is 0 Å². The minimum absolute atomic E-state index is 0.116. The highest BCUT2D eigenvalue weighted by Gasteiger charge is 2.31. The predicted molar refractivity (Wildman–Crippen MR) is 47.9 cm³/mol. The van der Waals surface area contributed by atoms with E-state index < -0.39 is 11.7 Å². The highest BCUT2D eigenvalue weighted by molar-refractivity contribution is 5.23. The van der Waals surface area contributed by atoms with Crippen molar-refractivity contribution in [3.05, 3.63) is 29.6 Å². The van der Waals surface area contributed by atoms with Crippen LogP contribution in [0.2, 0.25) is 0 Å². The van der Waals surface area contributed by atoms with E-state index in [1.165, 1.54) is 12.3 Å². The van der Waals surface area contributed by atoms with Gasteiger partial charge in [-0.2, -0.15) is 13.2 Å². The van der Waals surface area contributed by atoms with Crippen molar-refractivity contribution in [1.29, 1.82) is 0 Å². The Morgan fingerprint density at radius 1 is 1.36 bits per heavy atom. The van der Waals surface area contributed by atoms with Gasteiger partial charge in [-0.15, -0.1) is 0 Å². The second kappa shape index (κ2) is 3.98. The highest BCUT2D eigenvalue weighted by atomic mass is 19.4. The molecule has 78 valence electrons. The van der Waals surface area contributed by atoms with Gasteiger partial charge in [-0.3, -0.25) is 4.98 Å². The lowest BCUT2D eigenvalue weighted by molar-refractivity contribution is -0.137. The lowest BCUT2D eigenvalue weighted by Crippen LogP contribution is -2.07. The Kier molecular flexibility index (Phi) is 3.13. The highest BCUT2D eigenvalue weighted by Crippen LogP contribution is 2.30. The SMILES string of the molecule is CCC(C)c1cncc(C(F)(F)F)c1. The summed E-state index contributed by atoms with van der Waals surface area (Å²) in [5.41, 5.74) is -0.0300. The molecule has 1 nitrogen and oxygen atoms in total. The van der Waals surface area contributed by atoms with Gasteiger partial charge in [0, 0.05) is 12.4 Å². The van der Waals surface area contributed by atoms with Crippen molar-refractivity contribution in [2.45, 2.75) is 32.4 Å². The molecule has 0 aliphatic carbocycles. The third-order valence-corrected chi connectivity index (χ3v) is 2.27. The van der Waals surface area contributed by atoms with Gasteiger partial charge in [0.15, 0.2) is 0 Å². The zero-order valence-corrected chi connectivity index (χ0v) is 8.10. The molecule has 0 radical (unpaired) electrons. The van der Waals surface area contributed by atoms with Crippen LogP contribution in [0.4, 0.5) is 13.2 Å². The van der Waals surface area contributed by atoms with E-state index in [1.54, 1.807) is 0 Å². The fourth-order valence-electron chi connectivity index (χ4n) is 1.12. The number of hydrogen-bond acceptors (Lipinski definition) is 1. The molecule has 0 aliphatic heterocycles. The van der Waals surface area contributed by atoms with Crippen molar-refractivity contribution in [1.82, 2.24) is 4.98 Å². The predicted octanol–water partition coefficient (Wildman–Crippen LogP) is 3.61. The Morgan fingerprint density at radius 2 is 2.00 bits per heavy atom. The standard InChI is InChI=1S/C10H12F3N/c1-3-7(2)8-4-9(6-14-5-8)10(11,12)13/h4-7H,3H2,1-2H3. The molecule has 1 heterocycles. The fraction of sp³-hybridized carbons (Fsp3) is 0.500. The number of rotatable bonds is 2. The van der Waals surface area contributed by atoms with Gasteiger partial charge >= 0.3 is 6.18 Å². The Labute approximate surface area is 81.0 Å². The molecule has 1 aromatic heterocycles. The first kappa shape index (κ1) is 11.0. The van der Waals surface area contributed by atoms with Gasteiger partial charge in [-0.1, -0.05) is 13.8 Å². The zero-order chi connectivity index (χ0) is 10.8. The van der Waals surface area contributed by atoms with Gasteiger partial charge in [0.1, 0.15) is 0 Å². The van der Waals surface area contributed by atoms with Crippen LogP contribution in [0.3, 0.4) is 0 Å². The Morgan fingerprint density at radius 3 is 2.50 bits per heavy atom. The van der Waals surface area contributed by atoms with E-state index in [1.807, 2.05) is 13.8 Å². The van der Waals surface area contributed by atoms with Crippen LogP contribution in [0.5, 0.6) is 0 Å². The average molecular weight is 203 g/mol. The summed E-state index contributed by atoms with van der Waals surface area (Å²) < 4.78 is 36.9. The van der Waals surface area contributed by atoms with Crippen LogP contribution in [-0.4, -0.2) is 4.98 Å². The first-order chi connectivity index (χ1) is 6.45. The van der Waals surface area contributed by atoms with Crippen molar-refractivity contribution < 1.29 is 13.2 Å². The summed E-state index contributed by atoms with van der Waals surface area (Å²) in [6, 6.07) is 1.17. The van der Waals surface area contributed by atoms with Crippen LogP contribution in [-0.2, 0) is 6.18 Å². The molecule has 1 atom stereocenters. The summed E-state index contributed by atoms with van der Waals surface area (Å²) in [6.07, 6.45) is -1.14. The van der Waals surface area contributed by atoms with E-state index in [0.29, 0.717) is 5.56 Å². The normalized spacial score (nSPS) is 14.1. The largest absolute Gasteiger partial charge is 0.417 e. The molecule has 0 aromatic carbocycles. The van der Waals surface area contributed by atoms with Crippen molar-refractivity contribution in [2.24, 2.45) is 0 Å². The van der Waals surface area contributed by atoms with Gasteiger partial charge in [-0.25, -0.2) is 0 Å². The van der Waals surface area contributed by atoms with Crippen LogP contribution < -0.4 is 0 Å². The smallest absolute Gasteiger partial charge is 0.264 e. The van der Waals surface area contributed by atoms with E-state index in [-0.39, 0.29) is 5.92 Å². The van der Waals surface area contributed by atoms with Gasteiger partial charge in [0.05, 0.1) is 5.56 Å². The van der Waals surface area contributed by atoms with Gasteiger partial charge in [0.2, 0.25) is 0 Å². The molecular weight excluding hydrogens is 191 g/mol. The van der Waals surface area contributed by atoms with Gasteiger partial charge in [-0.05, 0) is 24.0 Å². The summed E-state index contributed by atoms with van der Waals surface area (Å²) in [7, 11) is 0. The zero-order valence-electron chi connectivity index (χ0n) is 8.10. The van der Waals surface area contributed by atoms with Gasteiger partial charge in [0.25, 0.3) is 0 Å². The molecule has 0 saturated heterocycles. The maximum absolute atomic E-state index is 12.3. The number of hydrogen-bond donors (Lipinski definition) is 0. The summed E-state index contributed by atoms with van der Waals surface area (Å²) in [5, 5.41) is 0. The summed E-state index contributed by atoms with van der Waals surface area (Å²) in [6.45, 7) is 3.82. The Balaban J connectivity index is 3.01. The lowest BCUT2D eigenvalue weighted by atomic mass is 9.99. The Hall–Kier alpha value is -1.06. The topological polar surface area (TPSA) is 12.9 Å². The monoisotopic (exact) mass is 203 g/mol. The van der Waals surface area contributed by atoms with Crippen LogP contribution in [0.15, 0.2) is 18.5 Å². The summed E-state index contributed by atoms with van der Waals surface area (Å²) >= 11 is 0. The van der Waals surface area contributed by atoms with Crippen LogP contribution in [0.25, 0.3) is 0 Å². The number of alkyl halides is 3. The molecule has 1 rings (SSSR count). The van der Waals surface area contributed by atoms with E-state index in [2.05, 4.69) is 4.98 Å². The molecule has 1 unspecified atom stereocenters. The minimum atomic E-state index is -4.30. The third kappa shape index (κ3) is 2.47. The van der Waals surface area contributed by atoms with E-state index in [4.69, 9.17) is 0 Å². The van der Waals surface area contributed by atoms with E-state index in [0.717, 1.165) is 12.6 Å². The molecule has 0 aliphatic rings. The molecule has 0 fully saturated rings. The second-order valence-electron chi connectivity index (χ2n) is 3.31. The molecule has 14 heavy (non-hydrogen) atoms. The maximum atomic E-state index is 12.3. The molecule has 0 bridgehead atoms. The quantitative estimate of drug-likeness (QED) is 0.715. The van der Waals surface area contributed by atoms with E-state index >= 15 is 0 Å². The summed E-state index contributed by atoms with van der Waals surface area (Å²) in [4.78, 5) is 3.60.